The molecule has 3 aromatic heterocycles. The summed E-state index contributed by atoms with van der Waals surface area (Å²) in [6.07, 6.45) is 1.86. The number of rotatable bonds is 5. The Balaban J connectivity index is 1.76. The summed E-state index contributed by atoms with van der Waals surface area (Å²) in [6, 6.07) is 8.10. The van der Waals surface area contributed by atoms with Gasteiger partial charge in [0.25, 0.3) is 5.56 Å². The van der Waals surface area contributed by atoms with Crippen molar-refractivity contribution in [3.8, 4) is 22.8 Å². The fraction of sp³-hybridized carbons (Fsp3) is 0.333. The number of ether oxygens (including phenoxy) is 1. The predicted octanol–water partition coefficient (Wildman–Crippen LogP) is 6.62. The fourth-order valence-electron chi connectivity index (χ4n) is 3.78. The van der Waals surface area contributed by atoms with Crippen molar-refractivity contribution in [2.24, 2.45) is 0 Å². The number of benzene rings is 1. The first-order chi connectivity index (χ1) is 16.5. The Morgan fingerprint density at radius 3 is 2.46 bits per heavy atom. The summed E-state index contributed by atoms with van der Waals surface area (Å²) in [5.74, 6) is 1.62. The van der Waals surface area contributed by atoms with E-state index in [0.29, 0.717) is 22.8 Å². The summed E-state index contributed by atoms with van der Waals surface area (Å²) >= 11 is 5.10. The predicted molar refractivity (Wildman–Crippen MR) is 145 cm³/mol. The van der Waals surface area contributed by atoms with Crippen LogP contribution >= 0.6 is 27.3 Å². The number of aryl methyl sites for hydroxylation is 4. The molecule has 0 aliphatic rings. The lowest BCUT2D eigenvalue weighted by Crippen LogP contribution is -2.24. The summed E-state index contributed by atoms with van der Waals surface area (Å²) < 4.78 is 7.81. The van der Waals surface area contributed by atoms with Gasteiger partial charge >= 0.3 is 0 Å². The SMILES string of the molecule is Cc1cc(COc2nc(C)n(-c3cc(-c4nc(C(C)(C)C)ncc4C)ccc3C)c(=O)c2Br)cs1. The molecule has 0 bridgehead atoms. The fourth-order valence-corrected chi connectivity index (χ4v) is 4.85. The Hall–Kier alpha value is -2.84. The second-order valence-corrected chi connectivity index (χ2v) is 11.7. The van der Waals surface area contributed by atoms with E-state index >= 15 is 0 Å². The Kier molecular flexibility index (Phi) is 6.97. The van der Waals surface area contributed by atoms with Gasteiger partial charge < -0.3 is 4.74 Å². The van der Waals surface area contributed by atoms with Crippen molar-refractivity contribution in [1.82, 2.24) is 19.5 Å². The van der Waals surface area contributed by atoms with Gasteiger partial charge in [0.2, 0.25) is 5.88 Å². The molecule has 0 spiro atoms. The van der Waals surface area contributed by atoms with Gasteiger partial charge in [0.1, 0.15) is 22.7 Å². The smallest absolute Gasteiger partial charge is 0.276 e. The molecule has 4 aromatic rings. The molecule has 0 N–H and O–H groups in total. The van der Waals surface area contributed by atoms with Crippen LogP contribution in [0.1, 0.15) is 54.0 Å². The lowest BCUT2D eigenvalue weighted by Gasteiger charge is -2.19. The van der Waals surface area contributed by atoms with E-state index in [9.17, 15) is 4.79 Å². The summed E-state index contributed by atoms with van der Waals surface area (Å²) in [5.41, 5.74) is 5.14. The number of thiophene rings is 1. The van der Waals surface area contributed by atoms with E-state index in [4.69, 9.17) is 9.72 Å². The number of aromatic nitrogens is 4. The van der Waals surface area contributed by atoms with Gasteiger partial charge in [-0.1, -0.05) is 32.9 Å². The van der Waals surface area contributed by atoms with E-state index < -0.39 is 0 Å². The van der Waals surface area contributed by atoms with Crippen LogP contribution < -0.4 is 10.3 Å². The van der Waals surface area contributed by atoms with Gasteiger partial charge in [-0.3, -0.25) is 9.36 Å². The second kappa shape index (κ2) is 9.66. The van der Waals surface area contributed by atoms with Crippen LogP contribution in [0.4, 0.5) is 0 Å². The Bertz CT molecular complexity index is 1470. The molecule has 0 fully saturated rings. The first-order valence-electron chi connectivity index (χ1n) is 11.4. The molecule has 4 rings (SSSR count). The zero-order valence-electron chi connectivity index (χ0n) is 21.1. The highest BCUT2D eigenvalue weighted by Crippen LogP contribution is 2.29. The van der Waals surface area contributed by atoms with Gasteiger partial charge in [-0.05, 0) is 72.3 Å². The van der Waals surface area contributed by atoms with Crippen LogP contribution in [-0.2, 0) is 12.0 Å². The first-order valence-corrected chi connectivity index (χ1v) is 13.0. The van der Waals surface area contributed by atoms with Crippen molar-refractivity contribution >= 4 is 27.3 Å². The van der Waals surface area contributed by atoms with E-state index in [1.807, 2.05) is 50.5 Å². The van der Waals surface area contributed by atoms with Crippen LogP contribution in [0.5, 0.6) is 5.88 Å². The van der Waals surface area contributed by atoms with Crippen molar-refractivity contribution in [3.05, 3.63) is 83.9 Å². The van der Waals surface area contributed by atoms with Crippen LogP contribution in [0.3, 0.4) is 0 Å². The molecule has 35 heavy (non-hydrogen) atoms. The van der Waals surface area contributed by atoms with Gasteiger partial charge in [0, 0.05) is 27.6 Å². The third kappa shape index (κ3) is 5.23. The van der Waals surface area contributed by atoms with Crippen molar-refractivity contribution in [1.29, 1.82) is 0 Å². The monoisotopic (exact) mass is 552 g/mol. The molecule has 182 valence electrons. The molecule has 0 saturated carbocycles. The summed E-state index contributed by atoms with van der Waals surface area (Å²) in [7, 11) is 0. The highest BCUT2D eigenvalue weighted by atomic mass is 79.9. The first kappa shape index (κ1) is 25.3. The maximum Gasteiger partial charge on any atom is 0.276 e. The zero-order chi connectivity index (χ0) is 25.5. The standard InChI is InChI=1S/C27H29BrN4O2S/c1-15-8-9-20(23-16(2)12-29-26(31-23)27(5,6)7)11-21(15)32-18(4)30-24(22(28)25(32)33)34-13-19-10-17(3)35-14-19/h8-12,14H,13H2,1-7H3. The molecule has 0 saturated heterocycles. The van der Waals surface area contributed by atoms with E-state index in [1.165, 1.54) is 4.88 Å². The van der Waals surface area contributed by atoms with Gasteiger partial charge in [-0.25, -0.2) is 9.97 Å². The van der Waals surface area contributed by atoms with Crippen LogP contribution in [0.25, 0.3) is 16.9 Å². The Morgan fingerprint density at radius 1 is 1.06 bits per heavy atom. The quantitative estimate of drug-likeness (QED) is 0.278. The number of halogens is 1. The molecule has 6 nitrogen and oxygen atoms in total. The lowest BCUT2D eigenvalue weighted by molar-refractivity contribution is 0.289. The average molecular weight is 554 g/mol. The highest BCUT2D eigenvalue weighted by molar-refractivity contribution is 9.10. The minimum atomic E-state index is -0.218. The summed E-state index contributed by atoms with van der Waals surface area (Å²) in [6.45, 7) is 14.5. The van der Waals surface area contributed by atoms with Gasteiger partial charge in [0.05, 0.1) is 11.4 Å². The molecule has 0 aliphatic heterocycles. The molecule has 0 radical (unpaired) electrons. The molecular weight excluding hydrogens is 524 g/mol. The van der Waals surface area contributed by atoms with E-state index in [0.717, 1.165) is 39.5 Å². The molecule has 0 amide bonds. The highest BCUT2D eigenvalue weighted by Gasteiger charge is 2.21. The molecule has 0 unspecified atom stereocenters. The van der Waals surface area contributed by atoms with Crippen molar-refractivity contribution in [2.75, 3.05) is 0 Å². The Morgan fingerprint density at radius 2 is 1.80 bits per heavy atom. The summed E-state index contributed by atoms with van der Waals surface area (Å²) in [4.78, 5) is 28.7. The number of hydrogen-bond acceptors (Lipinski definition) is 6. The van der Waals surface area contributed by atoms with Gasteiger partial charge in [0.15, 0.2) is 0 Å². The van der Waals surface area contributed by atoms with E-state index in [-0.39, 0.29) is 11.0 Å². The topological polar surface area (TPSA) is 69.9 Å². The van der Waals surface area contributed by atoms with E-state index in [2.05, 4.69) is 59.7 Å². The lowest BCUT2D eigenvalue weighted by atomic mass is 9.95. The minimum Gasteiger partial charge on any atom is -0.472 e. The zero-order valence-corrected chi connectivity index (χ0v) is 23.5. The summed E-state index contributed by atoms with van der Waals surface area (Å²) in [5, 5.41) is 2.05. The van der Waals surface area contributed by atoms with Crippen molar-refractivity contribution < 1.29 is 4.74 Å². The molecule has 0 atom stereocenters. The maximum absolute atomic E-state index is 13.5. The largest absolute Gasteiger partial charge is 0.472 e. The molecule has 0 aliphatic carbocycles. The average Bonchev–Trinajstić information content (AvgIpc) is 3.21. The third-order valence-electron chi connectivity index (χ3n) is 5.69. The van der Waals surface area contributed by atoms with Crippen molar-refractivity contribution in [2.45, 2.75) is 60.5 Å². The second-order valence-electron chi connectivity index (χ2n) is 9.75. The molecule has 3 heterocycles. The van der Waals surface area contributed by atoms with Crippen LogP contribution in [0.2, 0.25) is 0 Å². The van der Waals surface area contributed by atoms with Crippen molar-refractivity contribution in [3.63, 3.8) is 0 Å². The molecule has 1 aromatic carbocycles. The number of nitrogens with zero attached hydrogens (tertiary/aromatic N) is 4. The molecule has 8 heteroatoms. The van der Waals surface area contributed by atoms with Crippen LogP contribution in [0, 0.1) is 27.7 Å². The van der Waals surface area contributed by atoms with Crippen LogP contribution in [-0.4, -0.2) is 19.5 Å². The van der Waals surface area contributed by atoms with Gasteiger partial charge in [-0.15, -0.1) is 11.3 Å². The van der Waals surface area contributed by atoms with E-state index in [1.54, 1.807) is 15.9 Å². The van der Waals surface area contributed by atoms with Crippen LogP contribution in [0.15, 0.2) is 45.1 Å². The third-order valence-corrected chi connectivity index (χ3v) is 7.28. The minimum absolute atomic E-state index is 0.171. The molecular formula is C27H29BrN4O2S. The van der Waals surface area contributed by atoms with Gasteiger partial charge in [-0.2, -0.15) is 4.98 Å². The Labute approximate surface area is 218 Å². The number of hydrogen-bond donors (Lipinski definition) is 0. The normalized spacial score (nSPS) is 11.7. The maximum atomic E-state index is 13.5.